The predicted octanol–water partition coefficient (Wildman–Crippen LogP) is 1.25. The second-order valence-electron chi connectivity index (χ2n) is 3.04. The topological polar surface area (TPSA) is 83.9 Å². The molecule has 4 nitrogen and oxygen atoms in total. The average molecular weight is 245 g/mol. The number of hydrogen-bond acceptors (Lipinski definition) is 4. The van der Waals surface area contributed by atoms with E-state index in [1.807, 2.05) is 6.07 Å². The van der Waals surface area contributed by atoms with Crippen LogP contribution in [-0.4, -0.2) is 8.42 Å². The number of rotatable bonds is 2. The summed E-state index contributed by atoms with van der Waals surface area (Å²) in [5, 5.41) is 8.82. The van der Waals surface area contributed by atoms with Crippen molar-refractivity contribution < 1.29 is 8.42 Å². The summed E-state index contributed by atoms with van der Waals surface area (Å²) in [6, 6.07) is 4.88. The highest BCUT2D eigenvalue weighted by Crippen LogP contribution is 2.24. The van der Waals surface area contributed by atoms with Crippen molar-refractivity contribution >= 4 is 19.7 Å². The van der Waals surface area contributed by atoms with Crippen LogP contribution in [0.15, 0.2) is 17.0 Å². The molecule has 1 rings (SSSR count). The predicted molar refractivity (Wildman–Crippen MR) is 56.8 cm³/mol. The molecule has 0 spiro atoms. The van der Waals surface area contributed by atoms with Gasteiger partial charge in [0.2, 0.25) is 0 Å². The van der Waals surface area contributed by atoms with E-state index < -0.39 is 9.05 Å². The molecule has 0 saturated heterocycles. The molecule has 0 bridgehead atoms. The van der Waals surface area contributed by atoms with Gasteiger partial charge >= 0.3 is 0 Å². The van der Waals surface area contributed by atoms with Crippen molar-refractivity contribution in [1.29, 1.82) is 5.26 Å². The number of benzene rings is 1. The van der Waals surface area contributed by atoms with Crippen LogP contribution >= 0.6 is 10.7 Å². The Bertz CT molecular complexity index is 532. The van der Waals surface area contributed by atoms with E-state index in [9.17, 15) is 8.42 Å². The van der Waals surface area contributed by atoms with E-state index in [0.717, 1.165) is 0 Å². The standard InChI is InChI=1S/C9H9ClN2O2S/c1-6-2-7(4-11)8(5-12)9(3-6)15(10,13)14/h2-3H,5,12H2,1H3. The Balaban J connectivity index is 3.66. The third kappa shape index (κ3) is 2.48. The second kappa shape index (κ2) is 4.19. The largest absolute Gasteiger partial charge is 0.326 e. The molecular weight excluding hydrogens is 236 g/mol. The first-order valence-corrected chi connectivity index (χ1v) is 6.39. The lowest BCUT2D eigenvalue weighted by Crippen LogP contribution is -2.07. The maximum atomic E-state index is 11.2. The maximum Gasteiger partial charge on any atom is 0.261 e. The van der Waals surface area contributed by atoms with Gasteiger partial charge in [-0.2, -0.15) is 5.26 Å². The number of nitriles is 1. The van der Waals surface area contributed by atoms with Crippen LogP contribution in [0.4, 0.5) is 0 Å². The molecule has 1 aromatic carbocycles. The summed E-state index contributed by atoms with van der Waals surface area (Å²) < 4.78 is 22.5. The number of nitrogens with zero attached hydrogens (tertiary/aromatic N) is 1. The van der Waals surface area contributed by atoms with E-state index in [-0.39, 0.29) is 22.6 Å². The van der Waals surface area contributed by atoms with Crippen molar-refractivity contribution in [2.45, 2.75) is 18.4 Å². The average Bonchev–Trinajstić information content (AvgIpc) is 2.15. The summed E-state index contributed by atoms with van der Waals surface area (Å²) in [7, 11) is 1.39. The number of halogens is 1. The molecule has 0 aliphatic rings. The van der Waals surface area contributed by atoms with E-state index in [4.69, 9.17) is 21.7 Å². The Morgan fingerprint density at radius 3 is 2.53 bits per heavy atom. The lowest BCUT2D eigenvalue weighted by Gasteiger charge is -2.07. The molecule has 0 atom stereocenters. The number of nitrogens with two attached hydrogens (primary N) is 1. The normalized spacial score (nSPS) is 11.1. The minimum absolute atomic E-state index is 0.0372. The SMILES string of the molecule is Cc1cc(C#N)c(CN)c(S(=O)(=O)Cl)c1. The molecule has 0 aliphatic heterocycles. The van der Waals surface area contributed by atoms with E-state index in [1.54, 1.807) is 13.0 Å². The first kappa shape index (κ1) is 12.0. The second-order valence-corrected chi connectivity index (χ2v) is 5.58. The zero-order valence-electron chi connectivity index (χ0n) is 7.99. The fourth-order valence-electron chi connectivity index (χ4n) is 1.31. The van der Waals surface area contributed by atoms with Crippen molar-refractivity contribution in [1.82, 2.24) is 0 Å². The van der Waals surface area contributed by atoms with Crippen LogP contribution in [0.5, 0.6) is 0 Å². The Labute approximate surface area is 92.7 Å². The van der Waals surface area contributed by atoms with Gasteiger partial charge in [0, 0.05) is 22.8 Å². The van der Waals surface area contributed by atoms with Crippen molar-refractivity contribution in [3.63, 3.8) is 0 Å². The first-order chi connectivity index (χ1) is 6.90. The number of aryl methyl sites for hydroxylation is 1. The Kier molecular flexibility index (Phi) is 3.35. The van der Waals surface area contributed by atoms with Gasteiger partial charge < -0.3 is 5.73 Å². The third-order valence-corrected chi connectivity index (χ3v) is 3.33. The molecule has 15 heavy (non-hydrogen) atoms. The molecule has 6 heteroatoms. The Morgan fingerprint density at radius 1 is 1.53 bits per heavy atom. The zero-order chi connectivity index (χ0) is 11.6. The van der Waals surface area contributed by atoms with Gasteiger partial charge in [-0.3, -0.25) is 0 Å². The molecule has 2 N–H and O–H groups in total. The summed E-state index contributed by atoms with van der Waals surface area (Å²) in [5.74, 6) is 0. The summed E-state index contributed by atoms with van der Waals surface area (Å²) in [5.41, 5.74) is 6.56. The molecule has 0 aromatic heterocycles. The van der Waals surface area contributed by atoms with E-state index in [2.05, 4.69) is 0 Å². The summed E-state index contributed by atoms with van der Waals surface area (Å²) in [6.45, 7) is 1.65. The third-order valence-electron chi connectivity index (χ3n) is 1.94. The smallest absolute Gasteiger partial charge is 0.261 e. The van der Waals surface area contributed by atoms with Crippen molar-refractivity contribution in [2.75, 3.05) is 0 Å². The van der Waals surface area contributed by atoms with Gasteiger partial charge in [0.15, 0.2) is 0 Å². The molecule has 0 saturated carbocycles. The van der Waals surface area contributed by atoms with Crippen LogP contribution < -0.4 is 5.73 Å². The van der Waals surface area contributed by atoms with Gasteiger partial charge in [0.25, 0.3) is 9.05 Å². The van der Waals surface area contributed by atoms with E-state index in [0.29, 0.717) is 5.56 Å². The van der Waals surface area contributed by atoms with Crippen LogP contribution in [0.2, 0.25) is 0 Å². The quantitative estimate of drug-likeness (QED) is 0.794. The van der Waals surface area contributed by atoms with Gasteiger partial charge in [0.1, 0.15) is 0 Å². The summed E-state index contributed by atoms with van der Waals surface area (Å²) >= 11 is 0. The highest BCUT2D eigenvalue weighted by Gasteiger charge is 2.18. The van der Waals surface area contributed by atoms with Crippen LogP contribution in [-0.2, 0) is 15.6 Å². The highest BCUT2D eigenvalue weighted by molar-refractivity contribution is 8.13. The van der Waals surface area contributed by atoms with Gasteiger partial charge in [-0.15, -0.1) is 0 Å². The fraction of sp³-hybridized carbons (Fsp3) is 0.222. The molecule has 0 fully saturated rings. The Morgan fingerprint density at radius 2 is 2.13 bits per heavy atom. The minimum atomic E-state index is -3.86. The highest BCUT2D eigenvalue weighted by atomic mass is 35.7. The van der Waals surface area contributed by atoms with Crippen LogP contribution in [0.25, 0.3) is 0 Å². The van der Waals surface area contributed by atoms with Gasteiger partial charge in [0.05, 0.1) is 16.5 Å². The minimum Gasteiger partial charge on any atom is -0.326 e. The molecule has 0 radical (unpaired) electrons. The van der Waals surface area contributed by atoms with E-state index in [1.165, 1.54) is 6.07 Å². The zero-order valence-corrected chi connectivity index (χ0v) is 9.56. The molecular formula is C9H9ClN2O2S. The Hall–Kier alpha value is -1.09. The van der Waals surface area contributed by atoms with Gasteiger partial charge in [-0.05, 0) is 24.6 Å². The van der Waals surface area contributed by atoms with Crippen LogP contribution in [0.1, 0.15) is 16.7 Å². The van der Waals surface area contributed by atoms with Crippen molar-refractivity contribution in [3.8, 4) is 6.07 Å². The van der Waals surface area contributed by atoms with E-state index >= 15 is 0 Å². The van der Waals surface area contributed by atoms with Gasteiger partial charge in [-0.25, -0.2) is 8.42 Å². The molecule has 1 aromatic rings. The van der Waals surface area contributed by atoms with Crippen LogP contribution in [0, 0.1) is 18.3 Å². The lowest BCUT2D eigenvalue weighted by atomic mass is 10.1. The lowest BCUT2D eigenvalue weighted by molar-refractivity contribution is 0.608. The monoisotopic (exact) mass is 244 g/mol. The van der Waals surface area contributed by atoms with Crippen LogP contribution in [0.3, 0.4) is 0 Å². The fourth-order valence-corrected chi connectivity index (χ4v) is 2.54. The number of hydrogen-bond donors (Lipinski definition) is 1. The molecule has 0 heterocycles. The summed E-state index contributed by atoms with van der Waals surface area (Å²) in [6.07, 6.45) is 0. The molecule has 0 aliphatic carbocycles. The molecule has 0 unspecified atom stereocenters. The first-order valence-electron chi connectivity index (χ1n) is 4.08. The molecule has 80 valence electrons. The maximum absolute atomic E-state index is 11.2. The van der Waals surface area contributed by atoms with Crippen molar-refractivity contribution in [3.05, 3.63) is 28.8 Å². The molecule has 0 amide bonds. The summed E-state index contributed by atoms with van der Waals surface area (Å²) in [4.78, 5) is -0.0804. The van der Waals surface area contributed by atoms with Gasteiger partial charge in [-0.1, -0.05) is 0 Å². The van der Waals surface area contributed by atoms with Crippen molar-refractivity contribution in [2.24, 2.45) is 5.73 Å².